The van der Waals surface area contributed by atoms with Gasteiger partial charge in [0.15, 0.2) is 11.5 Å². The minimum absolute atomic E-state index is 0.331. The van der Waals surface area contributed by atoms with Crippen molar-refractivity contribution in [2.45, 2.75) is 31.3 Å². The van der Waals surface area contributed by atoms with Crippen LogP contribution in [-0.4, -0.2) is 44.3 Å². The zero-order chi connectivity index (χ0) is 14.9. The third-order valence-electron chi connectivity index (χ3n) is 4.67. The molecule has 116 valence electrons. The summed E-state index contributed by atoms with van der Waals surface area (Å²) in [6.07, 6.45) is 3.87. The van der Waals surface area contributed by atoms with Crippen LogP contribution in [0.5, 0.6) is 11.5 Å². The van der Waals surface area contributed by atoms with Crippen molar-refractivity contribution in [3.63, 3.8) is 0 Å². The van der Waals surface area contributed by atoms with Crippen LogP contribution in [0.4, 0.5) is 0 Å². The standard InChI is InChI=1S/C16H23ClN2O2/c1-19(2)16(4-3-5-16)11-18-10-12-8-13(17)15-14(9-12)20-6-7-21-15/h8-9,18H,3-7,10-11H2,1-2H3. The lowest BCUT2D eigenvalue weighted by Crippen LogP contribution is -2.56. The van der Waals surface area contributed by atoms with Crippen molar-refractivity contribution in [2.75, 3.05) is 33.9 Å². The second-order valence-corrected chi connectivity index (χ2v) is 6.58. The Morgan fingerprint density at radius 2 is 2.00 bits per heavy atom. The lowest BCUT2D eigenvalue weighted by molar-refractivity contribution is 0.0598. The molecule has 1 saturated carbocycles. The van der Waals surface area contributed by atoms with E-state index in [1.54, 1.807) is 0 Å². The normalized spacial score (nSPS) is 19.4. The lowest BCUT2D eigenvalue weighted by Gasteiger charge is -2.47. The van der Waals surface area contributed by atoms with Gasteiger partial charge >= 0.3 is 0 Å². The molecule has 0 saturated heterocycles. The predicted octanol–water partition coefficient (Wildman–Crippen LogP) is 2.69. The number of halogens is 1. The molecule has 1 heterocycles. The fourth-order valence-electron chi connectivity index (χ4n) is 3.07. The Hall–Kier alpha value is -0.970. The second kappa shape index (κ2) is 6.03. The number of rotatable bonds is 5. The molecule has 3 rings (SSSR count). The number of nitrogens with zero attached hydrogens (tertiary/aromatic N) is 1. The fourth-order valence-corrected chi connectivity index (χ4v) is 3.36. The molecule has 1 aliphatic carbocycles. The van der Waals surface area contributed by atoms with Gasteiger partial charge in [0.1, 0.15) is 13.2 Å². The van der Waals surface area contributed by atoms with Crippen molar-refractivity contribution in [1.82, 2.24) is 10.2 Å². The van der Waals surface area contributed by atoms with Crippen LogP contribution in [0.1, 0.15) is 24.8 Å². The molecule has 0 bridgehead atoms. The quantitative estimate of drug-likeness (QED) is 0.906. The highest BCUT2D eigenvalue weighted by atomic mass is 35.5. The summed E-state index contributed by atoms with van der Waals surface area (Å²) in [6, 6.07) is 3.99. The van der Waals surface area contributed by atoms with Gasteiger partial charge in [-0.05, 0) is 51.1 Å². The molecule has 0 unspecified atom stereocenters. The summed E-state index contributed by atoms with van der Waals surface area (Å²) >= 11 is 6.26. The van der Waals surface area contributed by atoms with Crippen molar-refractivity contribution in [3.05, 3.63) is 22.7 Å². The molecule has 0 amide bonds. The summed E-state index contributed by atoms with van der Waals surface area (Å²) in [4.78, 5) is 2.35. The first-order valence-electron chi connectivity index (χ1n) is 7.57. The minimum Gasteiger partial charge on any atom is -0.486 e. The predicted molar refractivity (Wildman–Crippen MR) is 84.4 cm³/mol. The van der Waals surface area contributed by atoms with E-state index in [9.17, 15) is 0 Å². The number of nitrogens with one attached hydrogen (secondary N) is 1. The van der Waals surface area contributed by atoms with E-state index in [0.29, 0.717) is 29.5 Å². The maximum atomic E-state index is 6.26. The molecule has 0 radical (unpaired) electrons. The molecule has 21 heavy (non-hydrogen) atoms. The molecule has 0 aromatic heterocycles. The van der Waals surface area contributed by atoms with Crippen molar-refractivity contribution >= 4 is 11.6 Å². The Balaban J connectivity index is 1.62. The minimum atomic E-state index is 0.331. The van der Waals surface area contributed by atoms with Gasteiger partial charge < -0.3 is 19.7 Å². The van der Waals surface area contributed by atoms with E-state index < -0.39 is 0 Å². The third-order valence-corrected chi connectivity index (χ3v) is 4.95. The molecule has 1 aromatic rings. The van der Waals surface area contributed by atoms with Crippen molar-refractivity contribution in [3.8, 4) is 11.5 Å². The van der Waals surface area contributed by atoms with Crippen LogP contribution >= 0.6 is 11.6 Å². The average Bonchev–Trinajstić information content (AvgIpc) is 2.41. The summed E-state index contributed by atoms with van der Waals surface area (Å²) in [5.74, 6) is 1.44. The Kier molecular flexibility index (Phi) is 4.29. The van der Waals surface area contributed by atoms with Gasteiger partial charge in [0, 0.05) is 18.6 Å². The summed E-state index contributed by atoms with van der Waals surface area (Å²) < 4.78 is 11.2. The molecule has 4 nitrogen and oxygen atoms in total. The van der Waals surface area contributed by atoms with Gasteiger partial charge in [0.25, 0.3) is 0 Å². The first-order valence-corrected chi connectivity index (χ1v) is 7.95. The summed E-state index contributed by atoms with van der Waals surface area (Å²) in [5, 5.41) is 4.20. The summed E-state index contributed by atoms with van der Waals surface area (Å²) in [6.45, 7) is 2.96. The van der Waals surface area contributed by atoms with Crippen LogP contribution in [0.3, 0.4) is 0 Å². The lowest BCUT2D eigenvalue weighted by atomic mass is 9.75. The number of likely N-dealkylation sites (N-methyl/N-ethyl adjacent to an activating group) is 1. The van der Waals surface area contributed by atoms with Crippen LogP contribution in [0, 0.1) is 0 Å². The highest BCUT2D eigenvalue weighted by Crippen LogP contribution is 2.38. The zero-order valence-corrected chi connectivity index (χ0v) is 13.5. The van der Waals surface area contributed by atoms with Gasteiger partial charge in [-0.1, -0.05) is 11.6 Å². The number of fused-ring (bicyclic) bond motifs is 1. The molecular weight excluding hydrogens is 288 g/mol. The monoisotopic (exact) mass is 310 g/mol. The van der Waals surface area contributed by atoms with Gasteiger partial charge in [-0.15, -0.1) is 0 Å². The second-order valence-electron chi connectivity index (χ2n) is 6.18. The molecule has 0 spiro atoms. The molecule has 0 atom stereocenters. The van der Waals surface area contributed by atoms with E-state index in [4.69, 9.17) is 21.1 Å². The number of benzene rings is 1. The highest BCUT2D eigenvalue weighted by Gasteiger charge is 2.38. The molecule has 1 aliphatic heterocycles. The van der Waals surface area contributed by atoms with Gasteiger partial charge in [-0.3, -0.25) is 0 Å². The molecule has 5 heteroatoms. The highest BCUT2D eigenvalue weighted by molar-refractivity contribution is 6.32. The maximum absolute atomic E-state index is 6.26. The Bertz CT molecular complexity index is 515. The van der Waals surface area contributed by atoms with E-state index in [0.717, 1.165) is 24.4 Å². The van der Waals surface area contributed by atoms with Crippen molar-refractivity contribution < 1.29 is 9.47 Å². The maximum Gasteiger partial charge on any atom is 0.179 e. The Morgan fingerprint density at radius 3 is 2.67 bits per heavy atom. The first-order chi connectivity index (χ1) is 10.1. The van der Waals surface area contributed by atoms with Gasteiger partial charge in [0.2, 0.25) is 0 Å². The number of hydrogen-bond acceptors (Lipinski definition) is 4. The van der Waals surface area contributed by atoms with Crippen LogP contribution in [0.15, 0.2) is 12.1 Å². The van der Waals surface area contributed by atoms with E-state index in [1.807, 2.05) is 12.1 Å². The van der Waals surface area contributed by atoms with Crippen LogP contribution < -0.4 is 14.8 Å². The van der Waals surface area contributed by atoms with Crippen molar-refractivity contribution in [1.29, 1.82) is 0 Å². The third kappa shape index (κ3) is 2.98. The number of ether oxygens (including phenoxy) is 2. The molecule has 2 aliphatic rings. The van der Waals surface area contributed by atoms with Crippen LogP contribution in [-0.2, 0) is 6.54 Å². The van der Waals surface area contributed by atoms with Crippen LogP contribution in [0.2, 0.25) is 5.02 Å². The van der Waals surface area contributed by atoms with Gasteiger partial charge in [0.05, 0.1) is 5.02 Å². The smallest absolute Gasteiger partial charge is 0.179 e. The van der Waals surface area contributed by atoms with Gasteiger partial charge in [-0.2, -0.15) is 0 Å². The summed E-state index contributed by atoms with van der Waals surface area (Å²) in [5.41, 5.74) is 1.47. The van der Waals surface area contributed by atoms with E-state index in [-0.39, 0.29) is 0 Å². The zero-order valence-electron chi connectivity index (χ0n) is 12.7. The fraction of sp³-hybridized carbons (Fsp3) is 0.625. The Labute approximate surface area is 131 Å². The SMILES string of the molecule is CN(C)C1(CNCc2cc(Cl)c3c(c2)OCCO3)CCC1. The topological polar surface area (TPSA) is 33.7 Å². The number of hydrogen-bond donors (Lipinski definition) is 1. The molecule has 1 aromatic carbocycles. The van der Waals surface area contributed by atoms with E-state index in [1.165, 1.54) is 19.3 Å². The Morgan fingerprint density at radius 1 is 1.24 bits per heavy atom. The first kappa shape index (κ1) is 14.9. The van der Waals surface area contributed by atoms with Crippen molar-refractivity contribution in [2.24, 2.45) is 0 Å². The average molecular weight is 311 g/mol. The molecule has 1 N–H and O–H groups in total. The van der Waals surface area contributed by atoms with Gasteiger partial charge in [-0.25, -0.2) is 0 Å². The van der Waals surface area contributed by atoms with E-state index >= 15 is 0 Å². The largest absolute Gasteiger partial charge is 0.486 e. The van der Waals surface area contributed by atoms with E-state index in [2.05, 4.69) is 24.3 Å². The molecule has 1 fully saturated rings. The molecular formula is C16H23ClN2O2. The van der Waals surface area contributed by atoms with Crippen LogP contribution in [0.25, 0.3) is 0 Å². The summed E-state index contributed by atoms with van der Waals surface area (Å²) in [7, 11) is 4.34.